The van der Waals surface area contributed by atoms with Crippen LogP contribution in [0.4, 0.5) is 11.4 Å². The molecule has 165 valence electrons. The summed E-state index contributed by atoms with van der Waals surface area (Å²) >= 11 is 0. The molecule has 0 aliphatic rings. The Bertz CT molecular complexity index is 930. The molecule has 3 rings (SSSR count). The maximum absolute atomic E-state index is 4.68. The Balaban J connectivity index is 0. The second kappa shape index (κ2) is 14.4. The van der Waals surface area contributed by atoms with Crippen molar-refractivity contribution in [1.82, 2.24) is 4.98 Å². The molecule has 0 unspecified atom stereocenters. The third-order valence-corrected chi connectivity index (χ3v) is 4.54. The number of hydrogen-bond donors (Lipinski definition) is 0. The first kappa shape index (κ1) is 31.5. The summed E-state index contributed by atoms with van der Waals surface area (Å²) in [6, 6.07) is 16.5. The molecule has 1 heterocycles. The maximum Gasteiger partial charge on any atom is 3.00 e. The zero-order valence-electron chi connectivity index (χ0n) is 18.1. The molecule has 1 radical (unpaired) electrons. The van der Waals surface area contributed by atoms with Gasteiger partial charge in [0.1, 0.15) is 0 Å². The van der Waals surface area contributed by atoms with Gasteiger partial charge in [-0.25, -0.2) is 4.98 Å². The number of aryl methyl sites for hydroxylation is 5. The van der Waals surface area contributed by atoms with E-state index in [2.05, 4.69) is 86.0 Å². The van der Waals surface area contributed by atoms with E-state index >= 15 is 0 Å². The van der Waals surface area contributed by atoms with Crippen molar-refractivity contribution in [3.63, 3.8) is 0 Å². The Morgan fingerprint density at radius 2 is 0.935 bits per heavy atom. The number of hydrogen-bond acceptors (Lipinski definition) is 3. The minimum absolute atomic E-state index is 0. The molecule has 3 aromatic rings. The van der Waals surface area contributed by atoms with E-state index in [1.54, 1.807) is 0 Å². The van der Waals surface area contributed by atoms with Crippen LogP contribution in [0.5, 0.6) is 0 Å². The van der Waals surface area contributed by atoms with Crippen LogP contribution in [0.25, 0.3) is 0 Å². The molecule has 0 aliphatic carbocycles. The summed E-state index contributed by atoms with van der Waals surface area (Å²) in [4.78, 5) is 14.0. The molecule has 0 atom stereocenters. The second-order valence-corrected chi connectivity index (χ2v) is 6.99. The third-order valence-electron chi connectivity index (χ3n) is 4.54. The number of nitrogens with zero attached hydrogens (tertiary/aromatic N) is 3. The van der Waals surface area contributed by atoms with Crippen molar-refractivity contribution in [2.24, 2.45) is 9.98 Å². The molecule has 31 heavy (non-hydrogen) atoms. The smallest absolute Gasteiger partial charge is 1.00 e. The number of rotatable bonds is 4. The van der Waals surface area contributed by atoms with Crippen LogP contribution in [-0.4, -0.2) is 17.4 Å². The Morgan fingerprint density at radius 3 is 1.26 bits per heavy atom. The minimum atomic E-state index is 0. The van der Waals surface area contributed by atoms with Gasteiger partial charge >= 0.3 is 17.1 Å². The second-order valence-electron chi connectivity index (χ2n) is 6.99. The molecule has 3 nitrogen and oxygen atoms in total. The molecule has 0 spiro atoms. The van der Waals surface area contributed by atoms with Gasteiger partial charge in [0.05, 0.1) is 35.2 Å². The summed E-state index contributed by atoms with van der Waals surface area (Å²) in [5.74, 6) is 0. The number of para-hydroxylation sites is 2. The molecule has 1 aromatic heterocycles. The van der Waals surface area contributed by atoms with Gasteiger partial charge in [0.15, 0.2) is 0 Å². The number of benzene rings is 2. The van der Waals surface area contributed by atoms with Gasteiger partial charge in [-0.3, -0.25) is 9.98 Å². The molecule has 0 amide bonds. The first-order chi connectivity index (χ1) is 12.9. The summed E-state index contributed by atoms with van der Waals surface area (Å²) in [6.45, 7) is 10.4. The fourth-order valence-corrected chi connectivity index (χ4v) is 3.13. The van der Waals surface area contributed by atoms with E-state index in [1.165, 1.54) is 0 Å². The van der Waals surface area contributed by atoms with E-state index in [1.807, 2.05) is 24.6 Å². The van der Waals surface area contributed by atoms with Crippen molar-refractivity contribution in [3.8, 4) is 0 Å². The summed E-state index contributed by atoms with van der Waals surface area (Å²) in [5, 5.41) is 0. The normalized spacial score (nSPS) is 10.1. The Labute approximate surface area is 214 Å². The van der Waals surface area contributed by atoms with Gasteiger partial charge in [0, 0.05) is 0 Å². The molecular weight excluding hydrogens is 492 g/mol. The van der Waals surface area contributed by atoms with E-state index in [0.717, 1.165) is 50.6 Å². The first-order valence-corrected chi connectivity index (χ1v) is 9.13. The predicted molar refractivity (Wildman–Crippen MR) is 115 cm³/mol. The largest absolute Gasteiger partial charge is 3.00 e. The Morgan fingerprint density at radius 1 is 0.613 bits per heavy atom. The zero-order chi connectivity index (χ0) is 19.4. The molecule has 0 N–H and O–H groups in total. The van der Waals surface area contributed by atoms with E-state index in [-0.39, 0.29) is 54.3 Å². The maximum atomic E-state index is 4.68. The molecular formula is C24H25Cl3FeN3. The van der Waals surface area contributed by atoms with Crippen LogP contribution in [0.1, 0.15) is 39.2 Å². The van der Waals surface area contributed by atoms with Crippen LogP contribution in [0, 0.1) is 34.6 Å². The number of aromatic nitrogens is 1. The Kier molecular flexibility index (Phi) is 14.6. The third kappa shape index (κ3) is 8.40. The van der Waals surface area contributed by atoms with Crippen molar-refractivity contribution in [1.29, 1.82) is 0 Å². The van der Waals surface area contributed by atoms with Gasteiger partial charge in [-0.15, -0.1) is 0 Å². The van der Waals surface area contributed by atoms with Crippen LogP contribution in [0.15, 0.2) is 58.5 Å². The molecule has 0 bridgehead atoms. The molecule has 2 aromatic carbocycles. The van der Waals surface area contributed by atoms with Gasteiger partial charge in [0.2, 0.25) is 0 Å². The van der Waals surface area contributed by atoms with Crippen molar-refractivity contribution in [3.05, 3.63) is 87.7 Å². The first-order valence-electron chi connectivity index (χ1n) is 9.13. The van der Waals surface area contributed by atoms with Gasteiger partial charge < -0.3 is 37.2 Å². The quantitative estimate of drug-likeness (QED) is 0.271. The fourth-order valence-electron chi connectivity index (χ4n) is 3.13. The van der Waals surface area contributed by atoms with Gasteiger partial charge in [-0.1, -0.05) is 36.4 Å². The van der Waals surface area contributed by atoms with Gasteiger partial charge in [-0.2, -0.15) is 0 Å². The molecule has 0 aliphatic heterocycles. The van der Waals surface area contributed by atoms with Crippen LogP contribution >= 0.6 is 0 Å². The Hall–Kier alpha value is -1.68. The summed E-state index contributed by atoms with van der Waals surface area (Å²) in [5.41, 5.74) is 9.47. The van der Waals surface area contributed by atoms with Crippen LogP contribution in [0.2, 0.25) is 0 Å². The van der Waals surface area contributed by atoms with Gasteiger partial charge in [-0.05, 0) is 74.6 Å². The van der Waals surface area contributed by atoms with Crippen molar-refractivity contribution in [2.75, 3.05) is 0 Å². The zero-order valence-corrected chi connectivity index (χ0v) is 21.5. The average molecular weight is 518 g/mol. The summed E-state index contributed by atoms with van der Waals surface area (Å²) in [7, 11) is 0. The van der Waals surface area contributed by atoms with Crippen molar-refractivity contribution in [2.45, 2.75) is 34.6 Å². The van der Waals surface area contributed by atoms with Crippen LogP contribution in [-0.2, 0) is 17.1 Å². The molecule has 7 heteroatoms. The van der Waals surface area contributed by atoms with E-state index in [0.29, 0.717) is 0 Å². The van der Waals surface area contributed by atoms with Crippen molar-refractivity contribution >= 4 is 23.8 Å². The monoisotopic (exact) mass is 516 g/mol. The summed E-state index contributed by atoms with van der Waals surface area (Å²) in [6.07, 6.45) is 3.66. The number of aliphatic imine (C=N–C) groups is 2. The standard InChI is InChI=1S/C24H25N3.3ClH.Fe/c1-16-12-21(14-25-23-17(2)8-6-9-18(23)3)27-22(13-16)15-26-24-19(4)10-7-11-20(24)5;;;;/h6-15H,1-5H3;3*1H;/q;;;;+3/p-3. The number of halogens is 3. The van der Waals surface area contributed by atoms with Gasteiger partial charge in [0.25, 0.3) is 0 Å². The summed E-state index contributed by atoms with van der Waals surface area (Å²) < 4.78 is 0. The van der Waals surface area contributed by atoms with Crippen LogP contribution in [0.3, 0.4) is 0 Å². The average Bonchev–Trinajstić information content (AvgIpc) is 2.60. The molecule has 0 saturated heterocycles. The SMILES string of the molecule is Cc1cc(C=Nc2c(C)cccc2C)nc(C=Nc2c(C)cccc2C)c1.[Cl-].[Cl-].[Cl-].[Fe+3]. The number of pyridine rings is 1. The topological polar surface area (TPSA) is 37.6 Å². The minimum Gasteiger partial charge on any atom is -1.00 e. The van der Waals surface area contributed by atoms with E-state index in [4.69, 9.17) is 0 Å². The predicted octanol–water partition coefficient (Wildman–Crippen LogP) is -2.87. The molecule has 0 saturated carbocycles. The van der Waals surface area contributed by atoms with E-state index < -0.39 is 0 Å². The molecule has 0 fully saturated rings. The van der Waals surface area contributed by atoms with Crippen LogP contribution < -0.4 is 37.2 Å². The fraction of sp³-hybridized carbons (Fsp3) is 0.208. The van der Waals surface area contributed by atoms with Crippen molar-refractivity contribution < 1.29 is 54.3 Å². The van der Waals surface area contributed by atoms with E-state index in [9.17, 15) is 0 Å².